The smallest absolute Gasteiger partial charge is 0.229 e. The predicted molar refractivity (Wildman–Crippen MR) is 53.7 cm³/mol. The molecule has 1 aromatic heterocycles. The molecule has 0 aliphatic rings. The van der Waals surface area contributed by atoms with E-state index in [1.54, 1.807) is 7.11 Å². The van der Waals surface area contributed by atoms with Crippen LogP contribution in [0.25, 0.3) is 0 Å². The lowest BCUT2D eigenvalue weighted by molar-refractivity contribution is -0.114. The van der Waals surface area contributed by atoms with E-state index >= 15 is 0 Å². The number of carbonyl (C=O) groups is 1. The fraction of sp³-hybridized carbons (Fsp3) is 0.444. The first kappa shape index (κ1) is 11.4. The summed E-state index contributed by atoms with van der Waals surface area (Å²) in [6, 6.07) is 0. The average Bonchev–Trinajstić information content (AvgIpc) is 2.20. The molecular weight excluding hydrogens is 198 g/mol. The molecule has 1 N–H and O–H groups in total. The van der Waals surface area contributed by atoms with Gasteiger partial charge in [-0.2, -0.15) is 0 Å². The van der Waals surface area contributed by atoms with Crippen LogP contribution in [0.15, 0.2) is 12.4 Å². The van der Waals surface area contributed by atoms with Crippen LogP contribution in [0.4, 0.5) is 5.95 Å². The van der Waals surface area contributed by atoms with Crippen LogP contribution in [-0.4, -0.2) is 36.2 Å². The number of rotatable bonds is 5. The van der Waals surface area contributed by atoms with E-state index in [4.69, 9.17) is 9.47 Å². The number of ether oxygens (including phenoxy) is 2. The van der Waals surface area contributed by atoms with E-state index in [0.717, 1.165) is 0 Å². The molecular formula is C9H13N3O3. The molecule has 0 saturated carbocycles. The fourth-order valence-corrected chi connectivity index (χ4v) is 0.856. The lowest BCUT2D eigenvalue weighted by Gasteiger charge is -2.05. The number of methoxy groups -OCH3 is 1. The second-order valence-corrected chi connectivity index (χ2v) is 2.76. The Morgan fingerprint density at radius 2 is 2.07 bits per heavy atom. The van der Waals surface area contributed by atoms with Gasteiger partial charge in [-0.05, 0) is 0 Å². The van der Waals surface area contributed by atoms with Gasteiger partial charge in [0.15, 0.2) is 5.75 Å². The van der Waals surface area contributed by atoms with Crippen molar-refractivity contribution in [3.05, 3.63) is 12.4 Å². The molecule has 1 rings (SSSR count). The fourth-order valence-electron chi connectivity index (χ4n) is 0.856. The van der Waals surface area contributed by atoms with Gasteiger partial charge >= 0.3 is 0 Å². The van der Waals surface area contributed by atoms with Crippen LogP contribution in [0.3, 0.4) is 0 Å². The number of hydrogen-bond acceptors (Lipinski definition) is 5. The number of aromatic nitrogens is 2. The van der Waals surface area contributed by atoms with Crippen molar-refractivity contribution < 1.29 is 14.3 Å². The van der Waals surface area contributed by atoms with Gasteiger partial charge in [0, 0.05) is 14.0 Å². The Kier molecular flexibility index (Phi) is 4.49. The van der Waals surface area contributed by atoms with Crippen LogP contribution in [0, 0.1) is 0 Å². The molecule has 0 aromatic carbocycles. The molecule has 6 nitrogen and oxygen atoms in total. The summed E-state index contributed by atoms with van der Waals surface area (Å²) in [5, 5.41) is 2.46. The highest BCUT2D eigenvalue weighted by molar-refractivity contribution is 5.86. The van der Waals surface area contributed by atoms with Gasteiger partial charge in [0.05, 0.1) is 19.0 Å². The molecule has 82 valence electrons. The van der Waals surface area contributed by atoms with E-state index in [9.17, 15) is 4.79 Å². The third kappa shape index (κ3) is 4.37. The van der Waals surface area contributed by atoms with E-state index in [0.29, 0.717) is 19.0 Å². The van der Waals surface area contributed by atoms with E-state index in [1.165, 1.54) is 19.3 Å². The summed E-state index contributed by atoms with van der Waals surface area (Å²) in [5.74, 6) is 0.603. The van der Waals surface area contributed by atoms with Crippen molar-refractivity contribution in [2.24, 2.45) is 0 Å². The summed E-state index contributed by atoms with van der Waals surface area (Å²) in [7, 11) is 1.60. The highest BCUT2D eigenvalue weighted by Crippen LogP contribution is 2.07. The minimum atomic E-state index is -0.206. The first-order valence-corrected chi connectivity index (χ1v) is 4.43. The zero-order valence-electron chi connectivity index (χ0n) is 8.69. The number of nitrogens with zero attached hydrogens (tertiary/aromatic N) is 2. The van der Waals surface area contributed by atoms with Gasteiger partial charge in [-0.25, -0.2) is 9.97 Å². The van der Waals surface area contributed by atoms with Crippen molar-refractivity contribution in [1.29, 1.82) is 0 Å². The molecule has 0 saturated heterocycles. The van der Waals surface area contributed by atoms with Crippen molar-refractivity contribution in [1.82, 2.24) is 9.97 Å². The van der Waals surface area contributed by atoms with E-state index < -0.39 is 0 Å². The van der Waals surface area contributed by atoms with Crippen LogP contribution in [0.5, 0.6) is 5.75 Å². The number of anilines is 1. The Hall–Kier alpha value is -1.69. The highest BCUT2D eigenvalue weighted by Gasteiger charge is 1.99. The number of amides is 1. The third-order valence-corrected chi connectivity index (χ3v) is 1.47. The maximum Gasteiger partial charge on any atom is 0.229 e. The lowest BCUT2D eigenvalue weighted by Crippen LogP contribution is -2.09. The average molecular weight is 211 g/mol. The molecule has 0 bridgehead atoms. The summed E-state index contributed by atoms with van der Waals surface area (Å²) in [6.07, 6.45) is 2.99. The van der Waals surface area contributed by atoms with Gasteiger partial charge < -0.3 is 9.47 Å². The molecule has 1 amide bonds. The highest BCUT2D eigenvalue weighted by atomic mass is 16.5. The molecule has 0 atom stereocenters. The first-order chi connectivity index (χ1) is 7.22. The number of hydrogen-bond donors (Lipinski definition) is 1. The predicted octanol–water partition coefficient (Wildman–Crippen LogP) is 0.460. The quantitative estimate of drug-likeness (QED) is 0.716. The zero-order valence-corrected chi connectivity index (χ0v) is 8.69. The molecule has 0 radical (unpaired) electrons. The lowest BCUT2D eigenvalue weighted by atomic mass is 10.6. The van der Waals surface area contributed by atoms with Crippen molar-refractivity contribution in [2.45, 2.75) is 6.92 Å². The normalized spacial score (nSPS) is 9.73. The van der Waals surface area contributed by atoms with E-state index in [-0.39, 0.29) is 11.9 Å². The van der Waals surface area contributed by atoms with E-state index in [1.807, 2.05) is 0 Å². The molecule has 15 heavy (non-hydrogen) atoms. The maximum absolute atomic E-state index is 10.7. The Morgan fingerprint density at radius 3 is 2.60 bits per heavy atom. The minimum Gasteiger partial charge on any atom is -0.488 e. The Labute approximate surface area is 87.6 Å². The molecule has 1 aromatic rings. The van der Waals surface area contributed by atoms with Crippen molar-refractivity contribution in [2.75, 3.05) is 25.6 Å². The second-order valence-electron chi connectivity index (χ2n) is 2.76. The maximum atomic E-state index is 10.7. The number of carbonyl (C=O) groups excluding carboxylic acids is 1. The third-order valence-electron chi connectivity index (χ3n) is 1.47. The number of nitrogens with one attached hydrogen (secondary N) is 1. The SMILES string of the molecule is COCCOc1cnc(NC(C)=O)nc1. The standard InChI is InChI=1S/C9H13N3O3/c1-7(13)12-9-10-5-8(6-11-9)15-4-3-14-2/h5-6H,3-4H2,1-2H3,(H,10,11,12,13). The topological polar surface area (TPSA) is 73.3 Å². The van der Waals surface area contributed by atoms with Crippen LogP contribution in [-0.2, 0) is 9.53 Å². The van der Waals surface area contributed by atoms with Crippen LogP contribution in [0.2, 0.25) is 0 Å². The van der Waals surface area contributed by atoms with Crippen LogP contribution < -0.4 is 10.1 Å². The van der Waals surface area contributed by atoms with Gasteiger partial charge in [0.1, 0.15) is 6.61 Å². The summed E-state index contributed by atoms with van der Waals surface area (Å²) in [4.78, 5) is 18.4. The van der Waals surface area contributed by atoms with Crippen LogP contribution >= 0.6 is 0 Å². The molecule has 6 heteroatoms. The zero-order chi connectivity index (χ0) is 11.1. The molecule has 0 aliphatic carbocycles. The van der Waals surface area contributed by atoms with Gasteiger partial charge in [-0.15, -0.1) is 0 Å². The molecule has 1 heterocycles. The Bertz CT molecular complexity index is 313. The monoisotopic (exact) mass is 211 g/mol. The van der Waals surface area contributed by atoms with Gasteiger partial charge in [0.25, 0.3) is 0 Å². The largest absolute Gasteiger partial charge is 0.488 e. The Morgan fingerprint density at radius 1 is 1.40 bits per heavy atom. The molecule has 0 aliphatic heterocycles. The molecule has 0 unspecified atom stereocenters. The first-order valence-electron chi connectivity index (χ1n) is 4.43. The van der Waals surface area contributed by atoms with Gasteiger partial charge in [-0.3, -0.25) is 10.1 Å². The molecule has 0 spiro atoms. The van der Waals surface area contributed by atoms with Gasteiger partial charge in [0.2, 0.25) is 11.9 Å². The second kappa shape index (κ2) is 5.92. The van der Waals surface area contributed by atoms with E-state index in [2.05, 4.69) is 15.3 Å². The van der Waals surface area contributed by atoms with Crippen LogP contribution in [0.1, 0.15) is 6.92 Å². The summed E-state index contributed by atoms with van der Waals surface area (Å²) >= 11 is 0. The molecule has 0 fully saturated rings. The Balaban J connectivity index is 2.45. The minimum absolute atomic E-state index is 0.206. The van der Waals surface area contributed by atoms with Crippen molar-refractivity contribution >= 4 is 11.9 Å². The van der Waals surface area contributed by atoms with Gasteiger partial charge in [-0.1, -0.05) is 0 Å². The summed E-state index contributed by atoms with van der Waals surface area (Å²) in [5.41, 5.74) is 0. The summed E-state index contributed by atoms with van der Waals surface area (Å²) in [6.45, 7) is 2.35. The van der Waals surface area contributed by atoms with Crippen molar-refractivity contribution in [3.8, 4) is 5.75 Å². The summed E-state index contributed by atoms with van der Waals surface area (Å²) < 4.78 is 10.1. The van der Waals surface area contributed by atoms with Crippen molar-refractivity contribution in [3.63, 3.8) is 0 Å².